The summed E-state index contributed by atoms with van der Waals surface area (Å²) >= 11 is 0. The molecule has 3 nitrogen and oxygen atoms in total. The van der Waals surface area contributed by atoms with Crippen LogP contribution in [0.1, 0.15) is 45.6 Å². The molecule has 1 aliphatic carbocycles. The largest absolute Gasteiger partial charge is 0.394 e. The van der Waals surface area contributed by atoms with Crippen molar-refractivity contribution in [1.82, 2.24) is 5.32 Å². The van der Waals surface area contributed by atoms with E-state index < -0.39 is 0 Å². The van der Waals surface area contributed by atoms with Gasteiger partial charge in [-0.3, -0.25) is 4.79 Å². The third kappa shape index (κ3) is 5.07. The first-order chi connectivity index (χ1) is 11.0. The van der Waals surface area contributed by atoms with E-state index in [0.717, 1.165) is 18.4 Å². The molecule has 2 N–H and O–H groups in total. The van der Waals surface area contributed by atoms with Crippen molar-refractivity contribution in [3.05, 3.63) is 35.9 Å². The molecule has 128 valence electrons. The van der Waals surface area contributed by atoms with Crippen LogP contribution in [0, 0.1) is 23.7 Å². The molecule has 0 bridgehead atoms. The van der Waals surface area contributed by atoms with E-state index in [4.69, 9.17) is 0 Å². The van der Waals surface area contributed by atoms with Crippen molar-refractivity contribution in [3.8, 4) is 0 Å². The predicted octanol–water partition coefficient (Wildman–Crippen LogP) is 3.41. The average molecular weight is 317 g/mol. The van der Waals surface area contributed by atoms with Gasteiger partial charge < -0.3 is 10.4 Å². The number of benzene rings is 1. The fourth-order valence-corrected chi connectivity index (χ4v) is 3.87. The standard InChI is InChI=1S/C20H31NO2/c1-14(2)18-10-9-15(3)11-19(18)20(23)21-17(13-22)12-16-7-5-4-6-8-16/h4-8,14-15,17-19,22H,9-13H2,1-3H3,(H,21,23)/t15-,17-,18+,19-/m1/s1. The van der Waals surface area contributed by atoms with E-state index in [0.29, 0.717) is 24.2 Å². The van der Waals surface area contributed by atoms with Crippen LogP contribution in [0.15, 0.2) is 30.3 Å². The first-order valence-corrected chi connectivity index (χ1v) is 8.96. The van der Waals surface area contributed by atoms with Crippen LogP contribution in [0.5, 0.6) is 0 Å². The number of hydrogen-bond donors (Lipinski definition) is 2. The minimum absolute atomic E-state index is 0.0186. The molecule has 3 heteroatoms. The first kappa shape index (κ1) is 18.0. The molecule has 0 aromatic heterocycles. The minimum Gasteiger partial charge on any atom is -0.394 e. The van der Waals surface area contributed by atoms with Crippen molar-refractivity contribution < 1.29 is 9.90 Å². The lowest BCUT2D eigenvalue weighted by Crippen LogP contribution is -2.46. The summed E-state index contributed by atoms with van der Waals surface area (Å²) in [5.74, 6) is 1.82. The average Bonchev–Trinajstić information content (AvgIpc) is 2.54. The number of hydrogen-bond acceptors (Lipinski definition) is 2. The zero-order chi connectivity index (χ0) is 16.8. The Hall–Kier alpha value is -1.35. The number of rotatable bonds is 6. The zero-order valence-corrected chi connectivity index (χ0v) is 14.7. The van der Waals surface area contributed by atoms with Gasteiger partial charge >= 0.3 is 0 Å². The Morgan fingerprint density at radius 3 is 2.57 bits per heavy atom. The highest BCUT2D eigenvalue weighted by molar-refractivity contribution is 5.79. The topological polar surface area (TPSA) is 49.3 Å². The van der Waals surface area contributed by atoms with Crippen LogP contribution in [0.25, 0.3) is 0 Å². The number of nitrogens with one attached hydrogen (secondary N) is 1. The number of aliphatic hydroxyl groups is 1. The van der Waals surface area contributed by atoms with Gasteiger partial charge in [0.25, 0.3) is 0 Å². The van der Waals surface area contributed by atoms with Gasteiger partial charge in [0.1, 0.15) is 0 Å². The molecule has 1 fully saturated rings. The van der Waals surface area contributed by atoms with Crippen LogP contribution in [0.4, 0.5) is 0 Å². The second kappa shape index (κ2) is 8.49. The molecule has 0 unspecified atom stereocenters. The van der Waals surface area contributed by atoms with Gasteiger partial charge in [0.05, 0.1) is 12.6 Å². The fourth-order valence-electron chi connectivity index (χ4n) is 3.87. The van der Waals surface area contributed by atoms with E-state index in [9.17, 15) is 9.90 Å². The van der Waals surface area contributed by atoms with E-state index in [-0.39, 0.29) is 24.5 Å². The summed E-state index contributed by atoms with van der Waals surface area (Å²) in [4.78, 5) is 12.8. The van der Waals surface area contributed by atoms with Crippen molar-refractivity contribution >= 4 is 5.91 Å². The van der Waals surface area contributed by atoms with Crippen molar-refractivity contribution in [2.75, 3.05) is 6.61 Å². The predicted molar refractivity (Wildman–Crippen MR) is 94.0 cm³/mol. The second-order valence-electron chi connectivity index (χ2n) is 7.51. The molecule has 0 saturated heterocycles. The molecule has 0 radical (unpaired) electrons. The van der Waals surface area contributed by atoms with Crippen LogP contribution in [-0.4, -0.2) is 23.7 Å². The molecule has 1 aliphatic rings. The van der Waals surface area contributed by atoms with E-state index in [2.05, 4.69) is 26.1 Å². The van der Waals surface area contributed by atoms with Gasteiger partial charge in [0.2, 0.25) is 5.91 Å². The summed E-state index contributed by atoms with van der Waals surface area (Å²) in [5.41, 5.74) is 1.14. The Morgan fingerprint density at radius 2 is 1.96 bits per heavy atom. The maximum absolute atomic E-state index is 12.8. The third-order valence-electron chi connectivity index (χ3n) is 5.25. The van der Waals surface area contributed by atoms with Crippen LogP contribution in [0.2, 0.25) is 0 Å². The summed E-state index contributed by atoms with van der Waals surface area (Å²) in [6, 6.07) is 9.83. The highest BCUT2D eigenvalue weighted by Gasteiger charge is 2.35. The van der Waals surface area contributed by atoms with E-state index in [1.54, 1.807) is 0 Å². The van der Waals surface area contributed by atoms with Crippen molar-refractivity contribution in [3.63, 3.8) is 0 Å². The summed E-state index contributed by atoms with van der Waals surface area (Å²) in [6.45, 7) is 6.66. The lowest BCUT2D eigenvalue weighted by molar-refractivity contribution is -0.130. The molecule has 1 saturated carbocycles. The molecular weight excluding hydrogens is 286 g/mol. The van der Waals surface area contributed by atoms with Crippen molar-refractivity contribution in [1.29, 1.82) is 0 Å². The Kier molecular flexibility index (Phi) is 6.64. The molecule has 1 aromatic rings. The SMILES string of the molecule is CC(C)[C@@H]1CC[C@@H](C)C[C@H]1C(=O)N[C@@H](CO)Cc1ccccc1. The highest BCUT2D eigenvalue weighted by atomic mass is 16.3. The van der Waals surface area contributed by atoms with Gasteiger partial charge in [-0.1, -0.05) is 57.5 Å². The number of carbonyl (C=O) groups excluding carboxylic acids is 1. The van der Waals surface area contributed by atoms with Gasteiger partial charge in [-0.25, -0.2) is 0 Å². The Labute approximate surface area is 140 Å². The van der Waals surface area contributed by atoms with Crippen LogP contribution in [-0.2, 0) is 11.2 Å². The normalized spacial score (nSPS) is 26.0. The van der Waals surface area contributed by atoms with Gasteiger partial charge in [-0.15, -0.1) is 0 Å². The molecule has 0 aliphatic heterocycles. The Bertz CT molecular complexity index is 486. The maximum Gasteiger partial charge on any atom is 0.223 e. The smallest absolute Gasteiger partial charge is 0.223 e. The molecule has 2 rings (SSSR count). The molecule has 4 atom stereocenters. The lowest BCUT2D eigenvalue weighted by atomic mass is 9.69. The van der Waals surface area contributed by atoms with Gasteiger partial charge in [-0.2, -0.15) is 0 Å². The zero-order valence-electron chi connectivity index (χ0n) is 14.7. The quantitative estimate of drug-likeness (QED) is 0.844. The number of carbonyl (C=O) groups is 1. The Morgan fingerprint density at radius 1 is 1.26 bits per heavy atom. The van der Waals surface area contributed by atoms with Gasteiger partial charge in [0.15, 0.2) is 0 Å². The highest BCUT2D eigenvalue weighted by Crippen LogP contribution is 2.38. The maximum atomic E-state index is 12.8. The second-order valence-corrected chi connectivity index (χ2v) is 7.51. The third-order valence-corrected chi connectivity index (χ3v) is 5.25. The fraction of sp³-hybridized carbons (Fsp3) is 0.650. The summed E-state index contributed by atoms with van der Waals surface area (Å²) < 4.78 is 0. The van der Waals surface area contributed by atoms with Crippen LogP contribution < -0.4 is 5.32 Å². The van der Waals surface area contributed by atoms with Gasteiger partial charge in [0, 0.05) is 5.92 Å². The summed E-state index contributed by atoms with van der Waals surface area (Å²) in [5, 5.41) is 12.7. The van der Waals surface area contributed by atoms with Crippen LogP contribution >= 0.6 is 0 Å². The monoisotopic (exact) mass is 317 g/mol. The van der Waals surface area contributed by atoms with E-state index in [1.165, 1.54) is 6.42 Å². The van der Waals surface area contributed by atoms with Crippen LogP contribution in [0.3, 0.4) is 0 Å². The molecular formula is C20H31NO2. The number of amides is 1. The molecule has 0 heterocycles. The van der Waals surface area contributed by atoms with Gasteiger partial charge in [-0.05, 0) is 42.6 Å². The summed E-state index contributed by atoms with van der Waals surface area (Å²) in [7, 11) is 0. The molecule has 1 amide bonds. The van der Waals surface area contributed by atoms with Crippen molar-refractivity contribution in [2.24, 2.45) is 23.7 Å². The van der Waals surface area contributed by atoms with E-state index in [1.807, 2.05) is 30.3 Å². The minimum atomic E-state index is -0.199. The first-order valence-electron chi connectivity index (χ1n) is 8.96. The molecule has 0 spiro atoms. The lowest BCUT2D eigenvalue weighted by Gasteiger charge is -2.37. The van der Waals surface area contributed by atoms with Crippen molar-refractivity contribution in [2.45, 2.75) is 52.5 Å². The molecule has 23 heavy (non-hydrogen) atoms. The summed E-state index contributed by atoms with van der Waals surface area (Å²) in [6.07, 6.45) is 4.01. The Balaban J connectivity index is 1.99. The number of aliphatic hydroxyl groups excluding tert-OH is 1. The van der Waals surface area contributed by atoms with E-state index >= 15 is 0 Å². The molecule has 1 aromatic carbocycles.